The molecule has 1 saturated heterocycles. The smallest absolute Gasteiger partial charge is 0.201 e. The van der Waals surface area contributed by atoms with E-state index in [-0.39, 0.29) is 12.0 Å². The highest BCUT2D eigenvalue weighted by Crippen LogP contribution is 2.38. The summed E-state index contributed by atoms with van der Waals surface area (Å²) in [6.45, 7) is 2.72. The summed E-state index contributed by atoms with van der Waals surface area (Å²) < 4.78 is 11.9. The minimum absolute atomic E-state index is 0.0940. The summed E-state index contributed by atoms with van der Waals surface area (Å²) in [5.41, 5.74) is 1.18. The summed E-state index contributed by atoms with van der Waals surface area (Å²) >= 11 is 0. The molecule has 0 amide bonds. The van der Waals surface area contributed by atoms with Crippen LogP contribution in [-0.4, -0.2) is 18.5 Å². The zero-order valence-corrected chi connectivity index (χ0v) is 15.2. The molecule has 0 radical (unpaired) electrons. The normalized spacial score (nSPS) is 23.5. The van der Waals surface area contributed by atoms with Crippen LogP contribution in [-0.2, 0) is 14.5 Å². The molecule has 4 rings (SSSR count). The Balaban J connectivity index is 1.35. The van der Waals surface area contributed by atoms with Gasteiger partial charge in [-0.3, -0.25) is 0 Å². The fourth-order valence-corrected chi connectivity index (χ4v) is 3.66. The van der Waals surface area contributed by atoms with Gasteiger partial charge in [-0.25, -0.2) is 9.78 Å². The van der Waals surface area contributed by atoms with Crippen LogP contribution in [0.1, 0.15) is 50.5 Å². The molecule has 4 heteroatoms. The summed E-state index contributed by atoms with van der Waals surface area (Å²) in [6.07, 6.45) is 5.31. The average molecular weight is 354 g/mol. The number of benzene rings is 2. The van der Waals surface area contributed by atoms with Crippen LogP contribution in [0.15, 0.2) is 54.6 Å². The fraction of sp³-hybridized carbons (Fsp3) is 0.455. The first-order valence-corrected chi connectivity index (χ1v) is 9.55. The van der Waals surface area contributed by atoms with Gasteiger partial charge in [-0.15, -0.1) is 0 Å². The molecule has 1 aliphatic heterocycles. The van der Waals surface area contributed by atoms with Gasteiger partial charge < -0.3 is 9.47 Å². The first kappa shape index (κ1) is 17.5. The topological polar surface area (TPSA) is 36.9 Å². The van der Waals surface area contributed by atoms with Gasteiger partial charge in [0.25, 0.3) is 0 Å². The van der Waals surface area contributed by atoms with Crippen molar-refractivity contribution < 1.29 is 19.2 Å². The second-order valence-electron chi connectivity index (χ2n) is 7.27. The summed E-state index contributed by atoms with van der Waals surface area (Å²) in [5.74, 6) is 1.34. The van der Waals surface area contributed by atoms with Crippen molar-refractivity contribution in [3.8, 4) is 11.5 Å². The molecule has 2 aliphatic rings. The molecule has 138 valence electrons. The van der Waals surface area contributed by atoms with E-state index >= 15 is 0 Å². The molecule has 0 bridgehead atoms. The fourth-order valence-electron chi connectivity index (χ4n) is 3.66. The van der Waals surface area contributed by atoms with E-state index in [1.165, 1.54) is 12.0 Å². The highest BCUT2D eigenvalue weighted by atomic mass is 17.2. The lowest BCUT2D eigenvalue weighted by Gasteiger charge is -2.42. The lowest BCUT2D eigenvalue weighted by Crippen LogP contribution is -2.47. The molecule has 2 aromatic rings. The van der Waals surface area contributed by atoms with Crippen LogP contribution in [0.3, 0.4) is 0 Å². The molecule has 4 nitrogen and oxygen atoms in total. The van der Waals surface area contributed by atoms with E-state index in [2.05, 4.69) is 19.1 Å². The van der Waals surface area contributed by atoms with Gasteiger partial charge >= 0.3 is 0 Å². The van der Waals surface area contributed by atoms with Crippen LogP contribution in [0.25, 0.3) is 0 Å². The molecule has 1 heterocycles. The molecule has 0 N–H and O–H groups in total. The van der Waals surface area contributed by atoms with Crippen LogP contribution in [0.2, 0.25) is 0 Å². The number of hydrogen-bond donors (Lipinski definition) is 0. The Kier molecular flexibility index (Phi) is 5.25. The van der Waals surface area contributed by atoms with Gasteiger partial charge in [0.2, 0.25) is 5.79 Å². The first-order chi connectivity index (χ1) is 12.7. The zero-order chi connectivity index (χ0) is 17.8. The van der Waals surface area contributed by atoms with E-state index in [4.69, 9.17) is 19.2 Å². The lowest BCUT2D eigenvalue weighted by atomic mass is 9.92. The Bertz CT molecular complexity index is 682. The summed E-state index contributed by atoms with van der Waals surface area (Å²) in [4.78, 5) is 11.5. The standard InChI is InChI=1S/C22H26O4/c1-17(21-16-23-22(26-25-21)14-6-3-7-15-22)18-10-12-20(13-11-18)24-19-8-4-2-5-9-19/h2,4-5,8-13,17,21H,3,6-7,14-16H2,1H3/t17-,21?/m0/s1. The van der Waals surface area contributed by atoms with Crippen molar-refractivity contribution in [2.75, 3.05) is 6.61 Å². The second kappa shape index (κ2) is 7.78. The van der Waals surface area contributed by atoms with Gasteiger partial charge in [0.1, 0.15) is 17.6 Å². The van der Waals surface area contributed by atoms with Gasteiger partial charge in [0, 0.05) is 18.8 Å². The minimum Gasteiger partial charge on any atom is -0.457 e. The van der Waals surface area contributed by atoms with Crippen molar-refractivity contribution in [2.24, 2.45) is 0 Å². The summed E-state index contributed by atoms with van der Waals surface area (Å²) in [5, 5.41) is 0. The molecule has 1 spiro atoms. The molecule has 26 heavy (non-hydrogen) atoms. The maximum Gasteiger partial charge on any atom is 0.201 e. The zero-order valence-electron chi connectivity index (χ0n) is 15.2. The van der Waals surface area contributed by atoms with Crippen molar-refractivity contribution in [1.82, 2.24) is 0 Å². The van der Waals surface area contributed by atoms with Gasteiger partial charge in [0.05, 0.1) is 6.61 Å². The van der Waals surface area contributed by atoms with Crippen LogP contribution in [0, 0.1) is 0 Å². The number of rotatable bonds is 4. The maximum absolute atomic E-state index is 6.09. The number of para-hydroxylation sites is 1. The Morgan fingerprint density at radius 1 is 0.923 bits per heavy atom. The highest BCUT2D eigenvalue weighted by molar-refractivity contribution is 5.34. The quantitative estimate of drug-likeness (QED) is 0.671. The van der Waals surface area contributed by atoms with Gasteiger partial charge in [-0.05, 0) is 42.7 Å². The SMILES string of the molecule is C[C@@H](c1ccc(Oc2ccccc2)cc1)C1COC2(CCCCC2)OO1. The van der Waals surface area contributed by atoms with Crippen molar-refractivity contribution in [3.63, 3.8) is 0 Å². The average Bonchev–Trinajstić information content (AvgIpc) is 2.70. The highest BCUT2D eigenvalue weighted by Gasteiger charge is 2.41. The Morgan fingerprint density at radius 2 is 1.62 bits per heavy atom. The second-order valence-corrected chi connectivity index (χ2v) is 7.27. The van der Waals surface area contributed by atoms with Gasteiger partial charge in [-0.1, -0.05) is 43.7 Å². The van der Waals surface area contributed by atoms with Crippen molar-refractivity contribution in [1.29, 1.82) is 0 Å². The monoisotopic (exact) mass is 354 g/mol. The molecule has 2 aromatic carbocycles. The van der Waals surface area contributed by atoms with Gasteiger partial charge in [0.15, 0.2) is 0 Å². The van der Waals surface area contributed by atoms with Crippen LogP contribution < -0.4 is 4.74 Å². The van der Waals surface area contributed by atoms with Crippen molar-refractivity contribution in [2.45, 2.75) is 56.8 Å². The largest absolute Gasteiger partial charge is 0.457 e. The molecule has 1 saturated carbocycles. The predicted molar refractivity (Wildman–Crippen MR) is 99.1 cm³/mol. The third kappa shape index (κ3) is 3.93. The van der Waals surface area contributed by atoms with E-state index in [0.29, 0.717) is 6.61 Å². The Labute approximate surface area is 155 Å². The van der Waals surface area contributed by atoms with E-state index in [9.17, 15) is 0 Å². The third-order valence-electron chi connectivity index (χ3n) is 5.39. The molecule has 1 aliphatic carbocycles. The van der Waals surface area contributed by atoms with Crippen LogP contribution in [0.5, 0.6) is 11.5 Å². The molecule has 2 fully saturated rings. The van der Waals surface area contributed by atoms with Crippen LogP contribution in [0.4, 0.5) is 0 Å². The molecule has 2 atom stereocenters. The van der Waals surface area contributed by atoms with Crippen molar-refractivity contribution >= 4 is 0 Å². The lowest BCUT2D eigenvalue weighted by molar-refractivity contribution is -0.493. The minimum atomic E-state index is -0.498. The Hall–Kier alpha value is -1.88. The van der Waals surface area contributed by atoms with E-state index in [1.807, 2.05) is 42.5 Å². The summed E-state index contributed by atoms with van der Waals surface area (Å²) in [6, 6.07) is 17.9. The number of ether oxygens (including phenoxy) is 2. The predicted octanol–water partition coefficient (Wildman–Crippen LogP) is 5.59. The van der Waals surface area contributed by atoms with E-state index in [0.717, 1.165) is 37.2 Å². The number of hydrogen-bond acceptors (Lipinski definition) is 4. The first-order valence-electron chi connectivity index (χ1n) is 9.55. The van der Waals surface area contributed by atoms with Gasteiger partial charge in [-0.2, -0.15) is 0 Å². The molecular formula is C22H26O4. The maximum atomic E-state index is 6.09. The molecule has 0 aromatic heterocycles. The van der Waals surface area contributed by atoms with E-state index in [1.54, 1.807) is 0 Å². The van der Waals surface area contributed by atoms with Crippen molar-refractivity contribution in [3.05, 3.63) is 60.2 Å². The summed E-state index contributed by atoms with van der Waals surface area (Å²) in [7, 11) is 0. The Morgan fingerprint density at radius 3 is 2.27 bits per heavy atom. The van der Waals surface area contributed by atoms with E-state index < -0.39 is 5.79 Å². The third-order valence-corrected chi connectivity index (χ3v) is 5.39. The molecule has 1 unspecified atom stereocenters. The van der Waals surface area contributed by atoms with Crippen LogP contribution >= 0.6 is 0 Å². The molecular weight excluding hydrogens is 328 g/mol.